The van der Waals surface area contributed by atoms with Gasteiger partial charge in [-0.15, -0.1) is 0 Å². The third-order valence-corrected chi connectivity index (χ3v) is 4.04. The smallest absolute Gasteiger partial charge is 0.244 e. The van der Waals surface area contributed by atoms with Crippen molar-refractivity contribution in [2.24, 2.45) is 5.41 Å². The number of nitrogens with one attached hydrogen (secondary N) is 1. The predicted molar refractivity (Wildman–Crippen MR) is 77.3 cm³/mol. The molecule has 1 aromatic rings. The van der Waals surface area contributed by atoms with Gasteiger partial charge in [-0.2, -0.15) is 4.98 Å². The van der Waals surface area contributed by atoms with E-state index in [9.17, 15) is 0 Å². The van der Waals surface area contributed by atoms with Crippen molar-refractivity contribution in [3.63, 3.8) is 0 Å². The van der Waals surface area contributed by atoms with Crippen molar-refractivity contribution < 1.29 is 9.26 Å². The van der Waals surface area contributed by atoms with Crippen LogP contribution in [0.15, 0.2) is 4.52 Å². The van der Waals surface area contributed by atoms with Gasteiger partial charge < -0.3 is 14.6 Å². The van der Waals surface area contributed by atoms with Gasteiger partial charge in [0.15, 0.2) is 0 Å². The lowest BCUT2D eigenvalue weighted by Crippen LogP contribution is -2.39. The SMILES string of the molecule is CCCC(OCC)c1noc(C2NCCCC2(C)C)n1. The minimum atomic E-state index is -0.0470. The fourth-order valence-electron chi connectivity index (χ4n) is 2.88. The minimum absolute atomic E-state index is 0.0470. The minimum Gasteiger partial charge on any atom is -0.370 e. The summed E-state index contributed by atoms with van der Waals surface area (Å²) in [6, 6.07) is 0.140. The zero-order valence-electron chi connectivity index (χ0n) is 13.1. The van der Waals surface area contributed by atoms with E-state index in [0.29, 0.717) is 18.3 Å². The number of aromatic nitrogens is 2. The van der Waals surface area contributed by atoms with Crippen molar-refractivity contribution in [1.82, 2.24) is 15.5 Å². The van der Waals surface area contributed by atoms with Crippen LogP contribution < -0.4 is 5.32 Å². The number of piperidine rings is 1. The topological polar surface area (TPSA) is 60.2 Å². The van der Waals surface area contributed by atoms with Gasteiger partial charge in [-0.3, -0.25) is 0 Å². The van der Waals surface area contributed by atoms with Gasteiger partial charge in [0.05, 0.1) is 6.04 Å². The first kappa shape index (κ1) is 15.4. The van der Waals surface area contributed by atoms with Crippen molar-refractivity contribution in [2.45, 2.75) is 65.5 Å². The van der Waals surface area contributed by atoms with Crippen LogP contribution in [0.2, 0.25) is 0 Å². The largest absolute Gasteiger partial charge is 0.370 e. The van der Waals surface area contributed by atoms with E-state index in [2.05, 4.69) is 36.2 Å². The molecular formula is C15H27N3O2. The van der Waals surface area contributed by atoms with Gasteiger partial charge >= 0.3 is 0 Å². The predicted octanol–water partition coefficient (Wildman–Crippen LogP) is 3.40. The molecule has 5 nitrogen and oxygen atoms in total. The number of ether oxygens (including phenoxy) is 1. The van der Waals surface area contributed by atoms with E-state index >= 15 is 0 Å². The van der Waals surface area contributed by atoms with Gasteiger partial charge in [0, 0.05) is 6.61 Å². The number of nitrogens with zero attached hydrogens (tertiary/aromatic N) is 2. The summed E-state index contributed by atoms with van der Waals surface area (Å²) >= 11 is 0. The van der Waals surface area contributed by atoms with Crippen LogP contribution in [-0.4, -0.2) is 23.3 Å². The van der Waals surface area contributed by atoms with E-state index < -0.39 is 0 Å². The van der Waals surface area contributed by atoms with Crippen LogP contribution in [-0.2, 0) is 4.74 Å². The second kappa shape index (κ2) is 6.68. The van der Waals surface area contributed by atoms with Gasteiger partial charge in [0.1, 0.15) is 6.10 Å². The average Bonchev–Trinajstić information content (AvgIpc) is 2.87. The van der Waals surface area contributed by atoms with Gasteiger partial charge in [-0.1, -0.05) is 32.3 Å². The Morgan fingerprint density at radius 1 is 1.45 bits per heavy atom. The molecule has 5 heteroatoms. The van der Waals surface area contributed by atoms with E-state index in [4.69, 9.17) is 9.26 Å². The van der Waals surface area contributed by atoms with E-state index in [-0.39, 0.29) is 17.6 Å². The van der Waals surface area contributed by atoms with Crippen LogP contribution in [0.1, 0.15) is 77.2 Å². The first-order valence-electron chi connectivity index (χ1n) is 7.77. The summed E-state index contributed by atoms with van der Waals surface area (Å²) < 4.78 is 11.2. The van der Waals surface area contributed by atoms with E-state index in [1.54, 1.807) is 0 Å². The van der Waals surface area contributed by atoms with Crippen molar-refractivity contribution >= 4 is 0 Å². The first-order chi connectivity index (χ1) is 9.58. The third-order valence-electron chi connectivity index (χ3n) is 4.04. The molecule has 0 saturated carbocycles. The molecule has 2 rings (SSSR count). The molecule has 0 aliphatic carbocycles. The Bertz CT molecular complexity index is 411. The molecule has 20 heavy (non-hydrogen) atoms. The van der Waals surface area contributed by atoms with E-state index in [1.807, 2.05) is 6.92 Å². The molecule has 1 N–H and O–H groups in total. The van der Waals surface area contributed by atoms with Crippen molar-refractivity contribution in [2.75, 3.05) is 13.2 Å². The molecule has 1 saturated heterocycles. The van der Waals surface area contributed by atoms with Crippen molar-refractivity contribution in [3.05, 3.63) is 11.7 Å². The molecule has 2 atom stereocenters. The van der Waals surface area contributed by atoms with Crippen molar-refractivity contribution in [3.8, 4) is 0 Å². The molecule has 1 aromatic heterocycles. The van der Waals surface area contributed by atoms with E-state index in [1.165, 1.54) is 12.8 Å². The Morgan fingerprint density at radius 2 is 2.25 bits per heavy atom. The highest BCUT2D eigenvalue weighted by Crippen LogP contribution is 2.39. The summed E-state index contributed by atoms with van der Waals surface area (Å²) in [5.74, 6) is 1.39. The molecule has 0 spiro atoms. The van der Waals surface area contributed by atoms with Crippen LogP contribution in [0.4, 0.5) is 0 Å². The van der Waals surface area contributed by atoms with E-state index in [0.717, 1.165) is 19.4 Å². The summed E-state index contributed by atoms with van der Waals surface area (Å²) in [5.41, 5.74) is 0.147. The molecule has 1 fully saturated rings. The summed E-state index contributed by atoms with van der Waals surface area (Å²) in [6.45, 7) is 10.3. The molecule has 0 aromatic carbocycles. The monoisotopic (exact) mass is 281 g/mol. The van der Waals surface area contributed by atoms with Crippen molar-refractivity contribution in [1.29, 1.82) is 0 Å². The highest BCUT2D eigenvalue weighted by atomic mass is 16.5. The van der Waals surface area contributed by atoms with Gasteiger partial charge in [-0.05, 0) is 38.1 Å². The molecule has 1 aliphatic rings. The fourth-order valence-corrected chi connectivity index (χ4v) is 2.88. The molecule has 1 aliphatic heterocycles. The molecule has 114 valence electrons. The second-order valence-electron chi connectivity index (χ2n) is 6.20. The zero-order chi connectivity index (χ0) is 14.6. The maximum absolute atomic E-state index is 5.72. The maximum atomic E-state index is 5.72. The molecule has 2 heterocycles. The van der Waals surface area contributed by atoms with Crippen LogP contribution >= 0.6 is 0 Å². The van der Waals surface area contributed by atoms with Crippen LogP contribution in [0.25, 0.3) is 0 Å². The highest BCUT2D eigenvalue weighted by Gasteiger charge is 2.37. The van der Waals surface area contributed by atoms with Gasteiger partial charge in [0.2, 0.25) is 11.7 Å². The maximum Gasteiger partial charge on any atom is 0.244 e. The Balaban J connectivity index is 2.14. The standard InChI is InChI=1S/C15H27N3O2/c1-5-8-11(19-6-2)13-17-14(20-18-13)12-15(3,4)9-7-10-16-12/h11-12,16H,5-10H2,1-4H3. The quantitative estimate of drug-likeness (QED) is 0.866. The van der Waals surface area contributed by atoms with Crippen LogP contribution in [0.5, 0.6) is 0 Å². The lowest BCUT2D eigenvalue weighted by atomic mass is 9.77. The first-order valence-corrected chi connectivity index (χ1v) is 7.77. The molecule has 0 radical (unpaired) electrons. The fraction of sp³-hybridized carbons (Fsp3) is 0.867. The molecular weight excluding hydrogens is 254 g/mol. The summed E-state index contributed by atoms with van der Waals surface area (Å²) in [5, 5.41) is 7.65. The van der Waals surface area contributed by atoms with Crippen LogP contribution in [0.3, 0.4) is 0 Å². The normalized spacial score (nSPS) is 23.7. The zero-order valence-corrected chi connectivity index (χ0v) is 13.1. The third kappa shape index (κ3) is 3.38. The molecule has 2 unspecified atom stereocenters. The second-order valence-corrected chi connectivity index (χ2v) is 6.20. The van der Waals surface area contributed by atoms with Gasteiger partial charge in [0.25, 0.3) is 0 Å². The Labute approximate surface area is 121 Å². The summed E-state index contributed by atoms with van der Waals surface area (Å²) in [7, 11) is 0. The Kier molecular flexibility index (Phi) is 5.16. The number of hydrogen-bond donors (Lipinski definition) is 1. The highest BCUT2D eigenvalue weighted by molar-refractivity contribution is 5.02. The Morgan fingerprint density at radius 3 is 2.90 bits per heavy atom. The summed E-state index contributed by atoms with van der Waals surface area (Å²) in [6.07, 6.45) is 4.29. The number of hydrogen-bond acceptors (Lipinski definition) is 5. The average molecular weight is 281 g/mol. The Hall–Kier alpha value is -0.940. The van der Waals surface area contributed by atoms with Crippen LogP contribution in [0, 0.1) is 5.41 Å². The summed E-state index contributed by atoms with van der Waals surface area (Å²) in [4.78, 5) is 4.60. The lowest BCUT2D eigenvalue weighted by Gasteiger charge is -2.36. The lowest BCUT2D eigenvalue weighted by molar-refractivity contribution is 0.0477. The van der Waals surface area contributed by atoms with Gasteiger partial charge in [-0.25, -0.2) is 0 Å². The molecule has 0 bridgehead atoms. The number of rotatable bonds is 6. The molecule has 0 amide bonds.